The third kappa shape index (κ3) is 2.74. The number of carboxylic acid groups (broad SMARTS) is 1. The number of halogens is 4. The molecule has 116 valence electrons. The molecule has 0 unspecified atom stereocenters. The van der Waals surface area contributed by atoms with E-state index in [1.54, 1.807) is 0 Å². The minimum atomic E-state index is -4.36. The molecule has 2 rings (SSSR count). The van der Waals surface area contributed by atoms with Gasteiger partial charge < -0.3 is 5.11 Å². The Bertz CT molecular complexity index is 718. The Balaban J connectivity index is 2.51. The number of anilines is 1. The number of rotatable bonds is 4. The van der Waals surface area contributed by atoms with Gasteiger partial charge in [0.2, 0.25) is 0 Å². The smallest absolute Gasteiger partial charge is 0.380 e. The van der Waals surface area contributed by atoms with E-state index in [4.69, 9.17) is 5.11 Å². The number of hydrogen-bond donors (Lipinski definition) is 1. The number of para-hydroxylation sites is 1. The molecule has 7 heteroatoms. The Kier molecular flexibility index (Phi) is 4.07. The highest BCUT2D eigenvalue weighted by atomic mass is 19.3. The second-order valence-corrected chi connectivity index (χ2v) is 4.63. The molecular formula is C15H11F4NO2. The molecule has 0 saturated carbocycles. The van der Waals surface area contributed by atoms with Gasteiger partial charge in [-0.2, -0.15) is 8.78 Å². The fraction of sp³-hybridized carbons (Fsp3) is 0.133. The van der Waals surface area contributed by atoms with Gasteiger partial charge in [-0.15, -0.1) is 5.12 Å². The lowest BCUT2D eigenvalue weighted by Gasteiger charge is -2.26. The maximum atomic E-state index is 14.2. The van der Waals surface area contributed by atoms with Gasteiger partial charge in [-0.05, 0) is 36.8 Å². The first-order valence-corrected chi connectivity index (χ1v) is 6.18. The number of alkyl halides is 2. The number of nitrogens with zero attached hydrogens (tertiary/aromatic N) is 1. The normalized spacial score (nSPS) is 11.3. The number of carboxylic acids is 1. The maximum absolute atomic E-state index is 14.2. The SMILES string of the molecule is Cc1ccc(C(F)(F)N(F)c2ccccc2C(=O)O)c(F)c1. The summed E-state index contributed by atoms with van der Waals surface area (Å²) >= 11 is 0. The summed E-state index contributed by atoms with van der Waals surface area (Å²) in [5, 5.41) is 7.89. The van der Waals surface area contributed by atoms with Crippen LogP contribution in [0.4, 0.5) is 23.3 Å². The van der Waals surface area contributed by atoms with Crippen LogP contribution in [0.5, 0.6) is 0 Å². The summed E-state index contributed by atoms with van der Waals surface area (Å²) in [6, 6.07) is 2.80. The van der Waals surface area contributed by atoms with Crippen LogP contribution in [0.3, 0.4) is 0 Å². The van der Waals surface area contributed by atoms with Crippen LogP contribution in [0, 0.1) is 12.7 Å². The lowest BCUT2D eigenvalue weighted by molar-refractivity contribution is -0.0506. The molecule has 0 heterocycles. The van der Waals surface area contributed by atoms with E-state index in [1.807, 2.05) is 0 Å². The van der Waals surface area contributed by atoms with Crippen LogP contribution >= 0.6 is 0 Å². The average molecular weight is 313 g/mol. The van der Waals surface area contributed by atoms with Gasteiger partial charge >= 0.3 is 12.0 Å². The van der Waals surface area contributed by atoms with E-state index < -0.39 is 39.8 Å². The number of aryl methyl sites for hydroxylation is 1. The molecule has 0 amide bonds. The van der Waals surface area contributed by atoms with Gasteiger partial charge in [-0.25, -0.2) is 9.18 Å². The summed E-state index contributed by atoms with van der Waals surface area (Å²) in [6.45, 7) is 1.50. The molecule has 0 bridgehead atoms. The molecule has 0 aliphatic heterocycles. The molecule has 0 aliphatic carbocycles. The van der Waals surface area contributed by atoms with Crippen LogP contribution in [-0.4, -0.2) is 11.1 Å². The summed E-state index contributed by atoms with van der Waals surface area (Å²) in [4.78, 5) is 11.0. The van der Waals surface area contributed by atoms with Crippen molar-refractivity contribution >= 4 is 11.7 Å². The van der Waals surface area contributed by atoms with Crippen molar-refractivity contribution in [1.29, 1.82) is 0 Å². The van der Waals surface area contributed by atoms with Crippen molar-refractivity contribution in [2.45, 2.75) is 13.0 Å². The van der Waals surface area contributed by atoms with Crippen LogP contribution in [0.2, 0.25) is 0 Å². The summed E-state index contributed by atoms with van der Waals surface area (Å²) in [5.41, 5.74) is -2.30. The van der Waals surface area contributed by atoms with Crippen molar-refractivity contribution in [2.24, 2.45) is 0 Å². The Morgan fingerprint density at radius 2 is 1.82 bits per heavy atom. The Morgan fingerprint density at radius 1 is 1.18 bits per heavy atom. The minimum absolute atomic E-state index is 0.397. The number of benzene rings is 2. The highest BCUT2D eigenvalue weighted by Crippen LogP contribution is 2.39. The number of carbonyl (C=O) groups is 1. The third-order valence-electron chi connectivity index (χ3n) is 3.04. The topological polar surface area (TPSA) is 40.5 Å². The first-order valence-electron chi connectivity index (χ1n) is 6.18. The molecule has 0 aromatic heterocycles. The predicted octanol–water partition coefficient (Wildman–Crippen LogP) is 4.27. The molecule has 2 aromatic rings. The second kappa shape index (κ2) is 5.67. The lowest BCUT2D eigenvalue weighted by atomic mass is 10.1. The van der Waals surface area contributed by atoms with Crippen LogP contribution in [-0.2, 0) is 6.05 Å². The van der Waals surface area contributed by atoms with Crippen LogP contribution in [0.25, 0.3) is 0 Å². The molecule has 22 heavy (non-hydrogen) atoms. The van der Waals surface area contributed by atoms with Gasteiger partial charge in [-0.3, -0.25) is 0 Å². The van der Waals surface area contributed by atoms with Crippen molar-refractivity contribution in [3.8, 4) is 0 Å². The summed E-state index contributed by atoms with van der Waals surface area (Å²) in [6.07, 6.45) is 0. The lowest BCUT2D eigenvalue weighted by Crippen LogP contribution is -2.34. The van der Waals surface area contributed by atoms with Gasteiger partial charge in [0.05, 0.1) is 16.8 Å². The second-order valence-electron chi connectivity index (χ2n) is 4.63. The Labute approximate surface area is 123 Å². The van der Waals surface area contributed by atoms with Crippen LogP contribution < -0.4 is 5.12 Å². The van der Waals surface area contributed by atoms with Gasteiger partial charge in [0.25, 0.3) is 0 Å². The quantitative estimate of drug-likeness (QED) is 0.520. The fourth-order valence-electron chi connectivity index (χ4n) is 1.95. The number of aromatic carboxylic acids is 1. The van der Waals surface area contributed by atoms with Crippen molar-refractivity contribution < 1.29 is 27.6 Å². The molecule has 0 saturated heterocycles. The van der Waals surface area contributed by atoms with Crippen LogP contribution in [0.15, 0.2) is 42.5 Å². The Hall–Kier alpha value is -2.57. The highest BCUT2D eigenvalue weighted by molar-refractivity contribution is 5.94. The van der Waals surface area contributed by atoms with Gasteiger partial charge in [-0.1, -0.05) is 22.7 Å². The molecular weight excluding hydrogens is 302 g/mol. The van der Waals surface area contributed by atoms with E-state index in [9.17, 15) is 22.4 Å². The molecule has 0 fully saturated rings. The first-order chi connectivity index (χ1) is 10.2. The summed E-state index contributed by atoms with van der Waals surface area (Å²) in [7, 11) is 0. The predicted molar refractivity (Wildman–Crippen MR) is 72.0 cm³/mol. The van der Waals surface area contributed by atoms with E-state index >= 15 is 0 Å². The molecule has 1 N–H and O–H groups in total. The van der Waals surface area contributed by atoms with Crippen molar-refractivity contribution in [1.82, 2.24) is 0 Å². The molecule has 3 nitrogen and oxygen atoms in total. The molecule has 0 spiro atoms. The van der Waals surface area contributed by atoms with Gasteiger partial charge in [0, 0.05) is 0 Å². The molecule has 0 radical (unpaired) electrons. The van der Waals surface area contributed by atoms with Crippen molar-refractivity contribution in [2.75, 3.05) is 5.12 Å². The van der Waals surface area contributed by atoms with Gasteiger partial charge in [0.1, 0.15) is 5.82 Å². The molecule has 2 aromatic carbocycles. The largest absolute Gasteiger partial charge is 0.478 e. The monoisotopic (exact) mass is 313 g/mol. The minimum Gasteiger partial charge on any atom is -0.478 e. The summed E-state index contributed by atoms with van der Waals surface area (Å²) < 4.78 is 56.2. The molecule has 0 aliphatic rings. The van der Waals surface area contributed by atoms with Crippen LogP contribution in [0.1, 0.15) is 21.5 Å². The number of hydrogen-bond acceptors (Lipinski definition) is 2. The van der Waals surface area contributed by atoms with E-state index in [2.05, 4.69) is 0 Å². The Morgan fingerprint density at radius 3 is 2.41 bits per heavy atom. The third-order valence-corrected chi connectivity index (χ3v) is 3.04. The fourth-order valence-corrected chi connectivity index (χ4v) is 1.95. The van der Waals surface area contributed by atoms with E-state index in [0.29, 0.717) is 5.56 Å². The highest BCUT2D eigenvalue weighted by Gasteiger charge is 2.44. The van der Waals surface area contributed by atoms with Crippen molar-refractivity contribution in [3.63, 3.8) is 0 Å². The van der Waals surface area contributed by atoms with Gasteiger partial charge in [0.15, 0.2) is 0 Å². The first kappa shape index (κ1) is 15.8. The average Bonchev–Trinajstić information content (AvgIpc) is 2.45. The maximum Gasteiger partial charge on any atom is 0.380 e. The molecule has 0 atom stereocenters. The zero-order valence-corrected chi connectivity index (χ0v) is 11.4. The van der Waals surface area contributed by atoms with E-state index in [0.717, 1.165) is 24.3 Å². The van der Waals surface area contributed by atoms with E-state index in [1.165, 1.54) is 25.1 Å². The van der Waals surface area contributed by atoms with E-state index in [-0.39, 0.29) is 0 Å². The zero-order valence-electron chi connectivity index (χ0n) is 11.4. The standard InChI is InChI=1S/C15H11F4NO2/c1-9-6-7-11(12(16)8-9)15(17,18)20(19)13-5-3-2-4-10(13)14(21)22/h2-8H,1H3,(H,21,22). The zero-order chi connectivity index (χ0) is 16.5. The van der Waals surface area contributed by atoms with Crippen molar-refractivity contribution in [3.05, 3.63) is 65.0 Å². The summed E-state index contributed by atoms with van der Waals surface area (Å²) in [5.74, 6) is -2.85.